The zero-order valence-electron chi connectivity index (χ0n) is 19.0. The number of rotatable bonds is 4. The molecule has 3 aliphatic heterocycles. The molecule has 0 amide bonds. The van der Waals surface area contributed by atoms with Gasteiger partial charge in [-0.25, -0.2) is 0 Å². The molecule has 32 heavy (non-hydrogen) atoms. The SMILES string of the molecule is CC[C@H](C)/C=C(C)\C=C\C1=CC2=C(Cl)C(=O)[C@@]3(C)OC4(O)C[C@@H](C)OC(=O)[C@H]4[C@H]3C2=CO1. The second-order valence-electron chi connectivity index (χ2n) is 9.38. The normalized spacial score (nSPS) is 37.8. The molecule has 3 heterocycles. The van der Waals surface area contributed by atoms with Gasteiger partial charge in [-0.05, 0) is 38.8 Å². The maximum Gasteiger partial charge on any atom is 0.315 e. The lowest BCUT2D eigenvalue weighted by atomic mass is 9.66. The molecule has 0 radical (unpaired) electrons. The third-order valence-corrected chi connectivity index (χ3v) is 7.17. The van der Waals surface area contributed by atoms with Crippen molar-refractivity contribution >= 4 is 23.4 Å². The van der Waals surface area contributed by atoms with E-state index in [1.54, 1.807) is 19.9 Å². The average Bonchev–Trinajstić information content (AvgIpc) is 2.98. The standard InChI is InChI=1S/C25H29ClO6/c1-6-13(2)9-14(3)7-8-16-10-17-18(12-30-16)19-20-23(28)31-15(4)11-25(20,29)32-24(19,5)22(27)21(17)26/h7-10,12-13,15,19-20,29H,6,11H2,1-5H3/b8-7+,14-9-/t13-,15+,19+,20+,24-,25?/m0/s1. The van der Waals surface area contributed by atoms with Crippen molar-refractivity contribution in [1.29, 1.82) is 0 Å². The number of halogens is 1. The molecule has 6 atom stereocenters. The highest BCUT2D eigenvalue weighted by Gasteiger charge is 2.70. The minimum atomic E-state index is -1.81. The summed E-state index contributed by atoms with van der Waals surface area (Å²) in [5.41, 5.74) is 0.635. The summed E-state index contributed by atoms with van der Waals surface area (Å²) in [6.45, 7) is 9.55. The highest BCUT2D eigenvalue weighted by molar-refractivity contribution is 6.45. The Bertz CT molecular complexity index is 1020. The van der Waals surface area contributed by atoms with Crippen LogP contribution in [0.5, 0.6) is 0 Å². The van der Waals surface area contributed by atoms with Crippen LogP contribution in [0.4, 0.5) is 0 Å². The van der Waals surface area contributed by atoms with Gasteiger partial charge in [0.15, 0.2) is 5.79 Å². The summed E-state index contributed by atoms with van der Waals surface area (Å²) >= 11 is 6.50. The molecule has 0 aromatic heterocycles. The van der Waals surface area contributed by atoms with Gasteiger partial charge in [0.1, 0.15) is 23.4 Å². The van der Waals surface area contributed by atoms with E-state index in [2.05, 4.69) is 19.9 Å². The Hall–Kier alpha value is -2.15. The molecule has 0 saturated carbocycles. The van der Waals surface area contributed by atoms with Gasteiger partial charge in [0, 0.05) is 23.5 Å². The van der Waals surface area contributed by atoms with E-state index >= 15 is 0 Å². The van der Waals surface area contributed by atoms with Crippen molar-refractivity contribution in [3.8, 4) is 0 Å². The molecule has 4 rings (SSSR count). The quantitative estimate of drug-likeness (QED) is 0.493. The highest BCUT2D eigenvalue weighted by atomic mass is 35.5. The highest BCUT2D eigenvalue weighted by Crippen LogP contribution is 2.58. The average molecular weight is 461 g/mol. The van der Waals surface area contributed by atoms with Crippen molar-refractivity contribution in [2.24, 2.45) is 17.8 Å². The number of ether oxygens (including phenoxy) is 3. The second-order valence-corrected chi connectivity index (χ2v) is 9.76. The van der Waals surface area contributed by atoms with Crippen LogP contribution in [0.25, 0.3) is 0 Å². The van der Waals surface area contributed by atoms with E-state index in [0.717, 1.165) is 12.0 Å². The summed E-state index contributed by atoms with van der Waals surface area (Å²) in [6, 6.07) is 0. The van der Waals surface area contributed by atoms with Crippen LogP contribution in [0.15, 0.2) is 58.1 Å². The Morgan fingerprint density at radius 3 is 2.78 bits per heavy atom. The molecule has 0 aromatic carbocycles. The van der Waals surface area contributed by atoms with Gasteiger partial charge in [-0.1, -0.05) is 49.6 Å². The van der Waals surface area contributed by atoms with E-state index in [1.807, 2.05) is 19.1 Å². The fourth-order valence-electron chi connectivity index (χ4n) is 5.10. The third-order valence-electron chi connectivity index (χ3n) is 6.80. The fourth-order valence-corrected chi connectivity index (χ4v) is 5.45. The van der Waals surface area contributed by atoms with Crippen LogP contribution in [0.1, 0.15) is 47.5 Å². The first kappa shape index (κ1) is 23.0. The number of carbonyl (C=O) groups is 2. The maximum atomic E-state index is 13.3. The van der Waals surface area contributed by atoms with Crippen molar-refractivity contribution in [3.05, 3.63) is 58.1 Å². The molecule has 1 unspecified atom stereocenters. The third kappa shape index (κ3) is 3.58. The Morgan fingerprint density at radius 2 is 2.09 bits per heavy atom. The van der Waals surface area contributed by atoms with Crippen molar-refractivity contribution in [2.45, 2.75) is 65.0 Å². The molecular formula is C25H29ClO6. The molecule has 0 bridgehead atoms. The van der Waals surface area contributed by atoms with E-state index in [1.165, 1.54) is 6.26 Å². The molecular weight excluding hydrogens is 432 g/mol. The number of cyclic esters (lactones) is 1. The lowest BCUT2D eigenvalue weighted by Gasteiger charge is -2.38. The number of hydrogen-bond donors (Lipinski definition) is 1. The van der Waals surface area contributed by atoms with Crippen LogP contribution in [0.2, 0.25) is 0 Å². The minimum Gasteiger partial charge on any atom is -0.465 e. The summed E-state index contributed by atoms with van der Waals surface area (Å²) in [6.07, 6.45) is 9.73. The lowest BCUT2D eigenvalue weighted by molar-refractivity contribution is -0.260. The van der Waals surface area contributed by atoms with Gasteiger partial charge in [-0.3, -0.25) is 9.59 Å². The summed E-state index contributed by atoms with van der Waals surface area (Å²) in [5, 5.41) is 11.2. The first-order valence-electron chi connectivity index (χ1n) is 11.0. The molecule has 2 saturated heterocycles. The van der Waals surface area contributed by atoms with Gasteiger partial charge in [0.05, 0.1) is 11.3 Å². The van der Waals surface area contributed by atoms with Crippen LogP contribution in [0, 0.1) is 17.8 Å². The van der Waals surface area contributed by atoms with Gasteiger partial charge in [-0.2, -0.15) is 0 Å². The van der Waals surface area contributed by atoms with Crippen LogP contribution < -0.4 is 0 Å². The molecule has 0 spiro atoms. The number of hydrogen-bond acceptors (Lipinski definition) is 6. The maximum absolute atomic E-state index is 13.3. The summed E-state index contributed by atoms with van der Waals surface area (Å²) < 4.78 is 17.1. The Morgan fingerprint density at radius 1 is 1.38 bits per heavy atom. The molecule has 6 nitrogen and oxygen atoms in total. The number of ketones is 1. The van der Waals surface area contributed by atoms with Crippen LogP contribution in [-0.2, 0) is 23.8 Å². The Kier molecular flexibility index (Phi) is 5.76. The van der Waals surface area contributed by atoms with Crippen molar-refractivity contribution in [1.82, 2.24) is 0 Å². The number of Topliss-reactive ketones (excluding diaryl/α,β-unsaturated/α-hetero) is 1. The molecule has 2 fully saturated rings. The summed E-state index contributed by atoms with van der Waals surface area (Å²) in [4.78, 5) is 26.1. The van der Waals surface area contributed by atoms with Gasteiger partial charge < -0.3 is 19.3 Å². The minimum absolute atomic E-state index is 0.000248. The van der Waals surface area contributed by atoms with Gasteiger partial charge >= 0.3 is 5.97 Å². The topological polar surface area (TPSA) is 82.1 Å². The zero-order chi connectivity index (χ0) is 23.4. The smallest absolute Gasteiger partial charge is 0.315 e. The van der Waals surface area contributed by atoms with Crippen LogP contribution in [0.3, 0.4) is 0 Å². The van der Waals surface area contributed by atoms with E-state index in [9.17, 15) is 14.7 Å². The van der Waals surface area contributed by atoms with E-state index in [4.69, 9.17) is 25.8 Å². The largest absolute Gasteiger partial charge is 0.465 e. The molecule has 172 valence electrons. The molecule has 7 heteroatoms. The molecule has 0 aromatic rings. The fraction of sp³-hybridized carbons (Fsp3) is 0.520. The van der Waals surface area contributed by atoms with E-state index in [0.29, 0.717) is 22.8 Å². The van der Waals surface area contributed by atoms with Crippen LogP contribution >= 0.6 is 11.6 Å². The van der Waals surface area contributed by atoms with Gasteiger partial charge in [0.25, 0.3) is 0 Å². The number of fused-ring (bicyclic) bond motifs is 5. The monoisotopic (exact) mass is 460 g/mol. The van der Waals surface area contributed by atoms with Crippen LogP contribution in [-0.4, -0.2) is 34.4 Å². The van der Waals surface area contributed by atoms with E-state index in [-0.39, 0.29) is 11.5 Å². The predicted molar refractivity (Wildman–Crippen MR) is 119 cm³/mol. The molecule has 1 aliphatic carbocycles. The van der Waals surface area contributed by atoms with E-state index < -0.39 is 41.1 Å². The summed E-state index contributed by atoms with van der Waals surface area (Å²) in [7, 11) is 0. The van der Waals surface area contributed by atoms with Crippen molar-refractivity contribution < 1.29 is 28.9 Å². The first-order valence-corrected chi connectivity index (χ1v) is 11.4. The van der Waals surface area contributed by atoms with Crippen molar-refractivity contribution in [3.63, 3.8) is 0 Å². The number of carbonyl (C=O) groups excluding carboxylic acids is 2. The van der Waals surface area contributed by atoms with Crippen molar-refractivity contribution in [2.75, 3.05) is 0 Å². The van der Waals surface area contributed by atoms with Gasteiger partial charge in [0.2, 0.25) is 5.78 Å². The number of aliphatic hydroxyl groups is 1. The predicted octanol–water partition coefficient (Wildman–Crippen LogP) is 4.45. The number of allylic oxidation sites excluding steroid dienone is 6. The molecule has 1 N–H and O–H groups in total. The Balaban J connectivity index is 1.70. The first-order chi connectivity index (χ1) is 15.0. The molecule has 4 aliphatic rings. The summed E-state index contributed by atoms with van der Waals surface area (Å²) in [5.74, 6) is -3.69. The van der Waals surface area contributed by atoms with Gasteiger partial charge in [-0.15, -0.1) is 0 Å². The zero-order valence-corrected chi connectivity index (χ0v) is 19.7. The lowest BCUT2D eigenvalue weighted by Crippen LogP contribution is -2.50. The second kappa shape index (κ2) is 8.01. The Labute approximate surface area is 193 Å². The number of esters is 1.